The molecule has 0 unspecified atom stereocenters. The summed E-state index contributed by atoms with van der Waals surface area (Å²) in [6, 6.07) is 0. The highest BCUT2D eigenvalue weighted by Gasteiger charge is 1.94. The van der Waals surface area contributed by atoms with Crippen molar-refractivity contribution in [1.29, 1.82) is 0 Å². The van der Waals surface area contributed by atoms with Crippen molar-refractivity contribution < 1.29 is 9.90 Å². The summed E-state index contributed by atoms with van der Waals surface area (Å²) in [5, 5.41) is 8.04. The average Bonchev–Trinajstić information content (AvgIpc) is 1.85. The third kappa shape index (κ3) is 26.6. The number of hydrogen-bond acceptors (Lipinski definition) is 3. The van der Waals surface area contributed by atoms with Crippen LogP contribution in [0.25, 0.3) is 0 Å². The van der Waals surface area contributed by atoms with Crippen LogP contribution in [-0.2, 0) is 4.79 Å². The van der Waals surface area contributed by atoms with E-state index in [1.165, 1.54) is 0 Å². The molecule has 4 heteroatoms. The first-order valence-corrected chi connectivity index (χ1v) is 3.61. The van der Waals surface area contributed by atoms with Gasteiger partial charge in [-0.1, -0.05) is 6.92 Å². The van der Waals surface area contributed by atoms with E-state index in [1.54, 1.807) is 19.0 Å². The predicted octanol–water partition coefficient (Wildman–Crippen LogP) is -0.0123. The molecule has 11 heavy (non-hydrogen) atoms. The van der Waals surface area contributed by atoms with Gasteiger partial charge < -0.3 is 10.8 Å². The van der Waals surface area contributed by atoms with Crippen molar-refractivity contribution in [2.75, 3.05) is 27.2 Å². The number of rotatable bonds is 3. The molecule has 0 aliphatic heterocycles. The maximum absolute atomic E-state index is 9.77. The lowest BCUT2D eigenvalue weighted by molar-refractivity contribution is -0.137. The van der Waals surface area contributed by atoms with Crippen molar-refractivity contribution >= 4 is 5.97 Å². The summed E-state index contributed by atoms with van der Waals surface area (Å²) in [5.74, 6) is -0.787. The van der Waals surface area contributed by atoms with E-state index < -0.39 is 5.97 Å². The number of nitrogens with two attached hydrogens (primary N) is 1. The van der Waals surface area contributed by atoms with Gasteiger partial charge in [0.05, 0.1) is 6.54 Å². The third-order valence-corrected chi connectivity index (χ3v) is 0.740. The standard InChI is InChI=1S/C4H9NO2.C3H9N/c1-5(2)3-4(6)7;1-2-3-4/h3H2,1-2H3,(H,6,7);2-4H2,1H3. The second kappa shape index (κ2) is 9.39. The molecule has 0 fully saturated rings. The van der Waals surface area contributed by atoms with Crippen LogP contribution in [0, 0.1) is 0 Å². The molecule has 0 saturated carbocycles. The molecule has 0 heterocycles. The summed E-state index contributed by atoms with van der Waals surface area (Å²) in [5.41, 5.74) is 5.03. The summed E-state index contributed by atoms with van der Waals surface area (Å²) < 4.78 is 0. The Balaban J connectivity index is 0. The summed E-state index contributed by atoms with van der Waals surface area (Å²) in [6.07, 6.45) is 1.10. The number of carbonyl (C=O) groups is 1. The van der Waals surface area contributed by atoms with E-state index in [0.29, 0.717) is 0 Å². The predicted molar refractivity (Wildman–Crippen MR) is 45.5 cm³/mol. The molecule has 0 aromatic heterocycles. The van der Waals surface area contributed by atoms with Crippen molar-refractivity contribution in [2.45, 2.75) is 13.3 Å². The zero-order valence-corrected chi connectivity index (χ0v) is 7.50. The number of hydrogen-bond donors (Lipinski definition) is 2. The van der Waals surface area contributed by atoms with Crippen LogP contribution in [0.2, 0.25) is 0 Å². The first-order chi connectivity index (χ1) is 5.04. The fourth-order valence-electron chi connectivity index (χ4n) is 0.271. The Kier molecular flexibility index (Phi) is 11.1. The molecular weight excluding hydrogens is 144 g/mol. The highest BCUT2D eigenvalue weighted by atomic mass is 16.4. The first kappa shape index (κ1) is 13.0. The Labute approximate surface area is 68.0 Å². The van der Waals surface area contributed by atoms with Gasteiger partial charge in [-0.05, 0) is 27.1 Å². The molecule has 0 amide bonds. The molecule has 0 aromatic rings. The van der Waals surface area contributed by atoms with Crippen molar-refractivity contribution in [2.24, 2.45) is 5.73 Å². The molecule has 0 atom stereocenters. The van der Waals surface area contributed by atoms with Crippen LogP contribution in [0.1, 0.15) is 13.3 Å². The van der Waals surface area contributed by atoms with Crippen LogP contribution in [0.5, 0.6) is 0 Å². The highest BCUT2D eigenvalue weighted by molar-refractivity contribution is 5.68. The summed E-state index contributed by atoms with van der Waals surface area (Å²) in [7, 11) is 3.43. The fourth-order valence-corrected chi connectivity index (χ4v) is 0.271. The Bertz CT molecular complexity index is 92.4. The molecule has 0 aliphatic rings. The number of aliphatic carboxylic acids is 1. The van der Waals surface area contributed by atoms with E-state index in [1.807, 2.05) is 0 Å². The molecule has 4 nitrogen and oxygen atoms in total. The van der Waals surface area contributed by atoms with Crippen LogP contribution in [0.3, 0.4) is 0 Å². The quantitative estimate of drug-likeness (QED) is 0.612. The van der Waals surface area contributed by atoms with Crippen LogP contribution in [0.15, 0.2) is 0 Å². The van der Waals surface area contributed by atoms with E-state index in [0.717, 1.165) is 13.0 Å². The Morgan fingerprint density at radius 3 is 1.91 bits per heavy atom. The van der Waals surface area contributed by atoms with Gasteiger partial charge in [-0.15, -0.1) is 0 Å². The van der Waals surface area contributed by atoms with Gasteiger partial charge in [0, 0.05) is 0 Å². The zero-order valence-electron chi connectivity index (χ0n) is 7.50. The van der Waals surface area contributed by atoms with Crippen molar-refractivity contribution in [3.8, 4) is 0 Å². The minimum atomic E-state index is -0.787. The minimum absolute atomic E-state index is 0.111. The summed E-state index contributed by atoms with van der Waals surface area (Å²) in [4.78, 5) is 11.4. The lowest BCUT2D eigenvalue weighted by atomic mass is 10.5. The van der Waals surface area contributed by atoms with Gasteiger partial charge in [-0.3, -0.25) is 9.69 Å². The van der Waals surface area contributed by atoms with Gasteiger partial charge in [-0.2, -0.15) is 0 Å². The van der Waals surface area contributed by atoms with Crippen LogP contribution >= 0.6 is 0 Å². The minimum Gasteiger partial charge on any atom is -0.480 e. The molecule has 0 rings (SSSR count). The van der Waals surface area contributed by atoms with Crippen LogP contribution in [-0.4, -0.2) is 43.2 Å². The zero-order chi connectivity index (χ0) is 9.28. The third-order valence-electron chi connectivity index (χ3n) is 0.740. The molecule has 0 saturated heterocycles. The normalized spacial score (nSPS) is 8.82. The second-order valence-corrected chi connectivity index (χ2v) is 2.42. The first-order valence-electron chi connectivity index (χ1n) is 3.61. The van der Waals surface area contributed by atoms with Gasteiger partial charge in [-0.25, -0.2) is 0 Å². The molecule has 3 N–H and O–H groups in total. The lowest BCUT2D eigenvalue weighted by Gasteiger charge is -2.01. The van der Waals surface area contributed by atoms with Crippen molar-refractivity contribution in [1.82, 2.24) is 4.90 Å². The van der Waals surface area contributed by atoms with E-state index in [4.69, 9.17) is 10.8 Å². The van der Waals surface area contributed by atoms with Crippen LogP contribution < -0.4 is 5.73 Å². The molecule has 0 radical (unpaired) electrons. The highest BCUT2D eigenvalue weighted by Crippen LogP contribution is 1.69. The SMILES string of the molecule is CCCN.CN(C)CC(=O)O. The fraction of sp³-hybridized carbons (Fsp3) is 0.857. The van der Waals surface area contributed by atoms with E-state index in [2.05, 4.69) is 6.92 Å². The molecular formula is C7H18N2O2. The van der Waals surface area contributed by atoms with E-state index >= 15 is 0 Å². The van der Waals surface area contributed by atoms with Crippen LogP contribution in [0.4, 0.5) is 0 Å². The molecule has 0 spiro atoms. The number of carboxylic acid groups (broad SMARTS) is 1. The van der Waals surface area contributed by atoms with Gasteiger partial charge in [0.1, 0.15) is 0 Å². The van der Waals surface area contributed by atoms with Gasteiger partial charge >= 0.3 is 5.97 Å². The monoisotopic (exact) mass is 162 g/mol. The Hall–Kier alpha value is -0.610. The maximum Gasteiger partial charge on any atom is 0.317 e. The second-order valence-electron chi connectivity index (χ2n) is 2.42. The number of nitrogens with zero attached hydrogens (tertiary/aromatic N) is 1. The molecule has 0 aliphatic carbocycles. The van der Waals surface area contributed by atoms with E-state index in [9.17, 15) is 4.79 Å². The number of carboxylic acids is 1. The van der Waals surface area contributed by atoms with Crippen molar-refractivity contribution in [3.05, 3.63) is 0 Å². The van der Waals surface area contributed by atoms with Gasteiger partial charge in [0.15, 0.2) is 0 Å². The Morgan fingerprint density at radius 1 is 1.55 bits per heavy atom. The molecule has 0 bridgehead atoms. The molecule has 0 aromatic carbocycles. The topological polar surface area (TPSA) is 66.6 Å². The smallest absolute Gasteiger partial charge is 0.317 e. The van der Waals surface area contributed by atoms with E-state index in [-0.39, 0.29) is 6.54 Å². The van der Waals surface area contributed by atoms with Gasteiger partial charge in [0.2, 0.25) is 0 Å². The molecule has 68 valence electrons. The van der Waals surface area contributed by atoms with Crippen molar-refractivity contribution in [3.63, 3.8) is 0 Å². The maximum atomic E-state index is 9.77. The average molecular weight is 162 g/mol. The van der Waals surface area contributed by atoms with Gasteiger partial charge in [0.25, 0.3) is 0 Å². The number of likely N-dealkylation sites (N-methyl/N-ethyl adjacent to an activating group) is 1. The largest absolute Gasteiger partial charge is 0.480 e. The Morgan fingerprint density at radius 2 is 1.91 bits per heavy atom. The summed E-state index contributed by atoms with van der Waals surface area (Å²) >= 11 is 0. The summed E-state index contributed by atoms with van der Waals surface area (Å²) in [6.45, 7) is 2.99. The lowest BCUT2D eigenvalue weighted by Crippen LogP contribution is -2.20.